The monoisotopic (exact) mass is 239 g/mol. The second kappa shape index (κ2) is 5.21. The molecule has 1 N–H and O–H groups in total. The zero-order chi connectivity index (χ0) is 13.1. The highest BCUT2D eigenvalue weighted by atomic mass is 16.6. The van der Waals surface area contributed by atoms with Gasteiger partial charge in [0.2, 0.25) is 0 Å². The molecule has 96 valence electrons. The fourth-order valence-corrected chi connectivity index (χ4v) is 1.34. The summed E-state index contributed by atoms with van der Waals surface area (Å²) in [4.78, 5) is 13.7. The van der Waals surface area contributed by atoms with Crippen LogP contribution in [0.1, 0.15) is 40.2 Å². The molecule has 1 aromatic heterocycles. The molecule has 5 nitrogen and oxygen atoms in total. The standard InChI is InChI=1S/C12H21N3O2/c1-9(2)15(8-10-6-13-14-7-10)11(16)17-12(3,4)5/h6-7,9H,8H2,1-5H3,(H,13,14). The van der Waals surface area contributed by atoms with Gasteiger partial charge in [0.1, 0.15) is 5.60 Å². The first-order valence-corrected chi connectivity index (χ1v) is 5.77. The predicted molar refractivity (Wildman–Crippen MR) is 65.5 cm³/mol. The summed E-state index contributed by atoms with van der Waals surface area (Å²) in [6, 6.07) is 0.0831. The molecule has 0 unspecified atom stereocenters. The van der Waals surface area contributed by atoms with E-state index in [2.05, 4.69) is 10.2 Å². The Kier molecular flexibility index (Phi) is 4.15. The van der Waals surface area contributed by atoms with Crippen LogP contribution in [0.5, 0.6) is 0 Å². The molecule has 5 heteroatoms. The summed E-state index contributed by atoms with van der Waals surface area (Å²) in [5.74, 6) is 0. The van der Waals surface area contributed by atoms with Crippen molar-refractivity contribution in [1.82, 2.24) is 15.1 Å². The Morgan fingerprint density at radius 3 is 2.59 bits per heavy atom. The first kappa shape index (κ1) is 13.5. The molecule has 0 saturated carbocycles. The van der Waals surface area contributed by atoms with E-state index < -0.39 is 5.60 Å². The topological polar surface area (TPSA) is 58.2 Å². The van der Waals surface area contributed by atoms with Gasteiger partial charge >= 0.3 is 6.09 Å². The molecule has 0 aliphatic carbocycles. The Bertz CT molecular complexity index is 352. The van der Waals surface area contributed by atoms with Crippen LogP contribution >= 0.6 is 0 Å². The van der Waals surface area contributed by atoms with Gasteiger partial charge < -0.3 is 9.64 Å². The van der Waals surface area contributed by atoms with E-state index in [0.717, 1.165) is 5.56 Å². The van der Waals surface area contributed by atoms with Gasteiger partial charge in [0, 0.05) is 17.8 Å². The zero-order valence-electron chi connectivity index (χ0n) is 11.2. The quantitative estimate of drug-likeness (QED) is 0.881. The van der Waals surface area contributed by atoms with Crippen molar-refractivity contribution in [3.8, 4) is 0 Å². The van der Waals surface area contributed by atoms with E-state index in [9.17, 15) is 4.79 Å². The molecule has 0 spiro atoms. The van der Waals surface area contributed by atoms with Crippen molar-refractivity contribution in [1.29, 1.82) is 0 Å². The lowest BCUT2D eigenvalue weighted by molar-refractivity contribution is 0.0172. The van der Waals surface area contributed by atoms with E-state index in [1.807, 2.05) is 34.6 Å². The number of hydrogen-bond acceptors (Lipinski definition) is 3. The highest BCUT2D eigenvalue weighted by Gasteiger charge is 2.24. The van der Waals surface area contributed by atoms with Gasteiger partial charge in [0.15, 0.2) is 0 Å². The van der Waals surface area contributed by atoms with Crippen molar-refractivity contribution in [2.75, 3.05) is 0 Å². The van der Waals surface area contributed by atoms with Crippen LogP contribution in [0.2, 0.25) is 0 Å². The first-order chi connectivity index (χ1) is 7.79. The molecule has 0 aromatic carbocycles. The zero-order valence-corrected chi connectivity index (χ0v) is 11.2. The highest BCUT2D eigenvalue weighted by molar-refractivity contribution is 5.68. The van der Waals surface area contributed by atoms with Crippen molar-refractivity contribution < 1.29 is 9.53 Å². The van der Waals surface area contributed by atoms with Gasteiger partial charge in [-0.2, -0.15) is 5.10 Å². The molecule has 0 aliphatic heterocycles. The minimum Gasteiger partial charge on any atom is -0.444 e. The molecule has 17 heavy (non-hydrogen) atoms. The van der Waals surface area contributed by atoms with Crippen LogP contribution in [0.15, 0.2) is 12.4 Å². The van der Waals surface area contributed by atoms with Gasteiger partial charge in [-0.25, -0.2) is 4.79 Å². The van der Waals surface area contributed by atoms with Gasteiger partial charge in [0.05, 0.1) is 12.7 Å². The van der Waals surface area contributed by atoms with Crippen molar-refractivity contribution in [3.05, 3.63) is 18.0 Å². The number of nitrogens with zero attached hydrogens (tertiary/aromatic N) is 2. The third-order valence-electron chi connectivity index (χ3n) is 2.16. The third-order valence-corrected chi connectivity index (χ3v) is 2.16. The number of ether oxygens (including phenoxy) is 1. The second-order valence-corrected chi connectivity index (χ2v) is 5.31. The summed E-state index contributed by atoms with van der Waals surface area (Å²) in [5, 5.41) is 6.60. The van der Waals surface area contributed by atoms with Gasteiger partial charge in [-0.3, -0.25) is 5.10 Å². The van der Waals surface area contributed by atoms with Crippen LogP contribution in [-0.2, 0) is 11.3 Å². The average molecular weight is 239 g/mol. The maximum Gasteiger partial charge on any atom is 0.410 e. The number of amides is 1. The molecular weight excluding hydrogens is 218 g/mol. The van der Waals surface area contributed by atoms with E-state index >= 15 is 0 Å². The summed E-state index contributed by atoms with van der Waals surface area (Å²) in [6.07, 6.45) is 3.19. The molecule has 1 rings (SSSR count). The van der Waals surface area contributed by atoms with Crippen LogP contribution in [0, 0.1) is 0 Å². The van der Waals surface area contributed by atoms with Gasteiger partial charge in [-0.05, 0) is 34.6 Å². The maximum absolute atomic E-state index is 12.0. The van der Waals surface area contributed by atoms with Crippen molar-refractivity contribution in [2.24, 2.45) is 0 Å². The minimum atomic E-state index is -0.472. The number of aromatic nitrogens is 2. The van der Waals surface area contributed by atoms with Crippen LogP contribution in [0.3, 0.4) is 0 Å². The van der Waals surface area contributed by atoms with Gasteiger partial charge in [-0.1, -0.05) is 0 Å². The average Bonchev–Trinajstić information content (AvgIpc) is 2.62. The number of rotatable bonds is 3. The smallest absolute Gasteiger partial charge is 0.410 e. The van der Waals surface area contributed by atoms with E-state index in [1.165, 1.54) is 0 Å². The van der Waals surface area contributed by atoms with Crippen LogP contribution in [0.4, 0.5) is 4.79 Å². The minimum absolute atomic E-state index is 0.0831. The summed E-state index contributed by atoms with van der Waals surface area (Å²) in [7, 11) is 0. The molecule has 0 radical (unpaired) electrons. The molecule has 1 heterocycles. The Morgan fingerprint density at radius 1 is 1.53 bits per heavy atom. The van der Waals surface area contributed by atoms with Gasteiger partial charge in [0.25, 0.3) is 0 Å². The normalized spacial score (nSPS) is 11.6. The SMILES string of the molecule is CC(C)N(Cc1cn[nH]c1)C(=O)OC(C)(C)C. The lowest BCUT2D eigenvalue weighted by atomic mass is 10.2. The predicted octanol–water partition coefficient (Wildman–Crippen LogP) is 2.56. The number of aromatic amines is 1. The number of carbonyl (C=O) groups is 1. The Labute approximate surface area is 102 Å². The molecule has 0 bridgehead atoms. The second-order valence-electron chi connectivity index (χ2n) is 5.31. The Balaban J connectivity index is 2.69. The molecule has 1 aromatic rings. The lowest BCUT2D eigenvalue weighted by Gasteiger charge is -2.29. The summed E-state index contributed by atoms with van der Waals surface area (Å²) in [5.41, 5.74) is 0.491. The molecular formula is C12H21N3O2. The Morgan fingerprint density at radius 2 is 2.18 bits per heavy atom. The van der Waals surface area contributed by atoms with Crippen molar-refractivity contribution >= 4 is 6.09 Å². The number of hydrogen-bond donors (Lipinski definition) is 1. The third kappa shape index (κ3) is 4.46. The molecule has 0 atom stereocenters. The number of nitrogens with one attached hydrogen (secondary N) is 1. The van der Waals surface area contributed by atoms with E-state index in [4.69, 9.17) is 4.74 Å². The van der Waals surface area contributed by atoms with Crippen molar-refractivity contribution in [2.45, 2.75) is 52.8 Å². The van der Waals surface area contributed by atoms with Crippen LogP contribution in [-0.4, -0.2) is 32.8 Å². The fraction of sp³-hybridized carbons (Fsp3) is 0.667. The molecule has 0 aliphatic rings. The highest BCUT2D eigenvalue weighted by Crippen LogP contribution is 2.14. The number of carbonyl (C=O) groups excluding carboxylic acids is 1. The largest absolute Gasteiger partial charge is 0.444 e. The van der Waals surface area contributed by atoms with Crippen LogP contribution < -0.4 is 0 Å². The molecule has 0 fully saturated rings. The maximum atomic E-state index is 12.0. The van der Waals surface area contributed by atoms with E-state index in [-0.39, 0.29) is 12.1 Å². The molecule has 1 amide bonds. The van der Waals surface area contributed by atoms with E-state index in [1.54, 1.807) is 17.3 Å². The summed E-state index contributed by atoms with van der Waals surface area (Å²) in [6.45, 7) is 10.0. The first-order valence-electron chi connectivity index (χ1n) is 5.77. The van der Waals surface area contributed by atoms with Gasteiger partial charge in [-0.15, -0.1) is 0 Å². The van der Waals surface area contributed by atoms with Crippen molar-refractivity contribution in [3.63, 3.8) is 0 Å². The Hall–Kier alpha value is -1.52. The fourth-order valence-electron chi connectivity index (χ4n) is 1.34. The number of H-pyrrole nitrogens is 1. The van der Waals surface area contributed by atoms with Crippen LogP contribution in [0.25, 0.3) is 0 Å². The summed E-state index contributed by atoms with van der Waals surface area (Å²) < 4.78 is 5.37. The lowest BCUT2D eigenvalue weighted by Crippen LogP contribution is -2.40. The molecule has 0 saturated heterocycles. The summed E-state index contributed by atoms with van der Waals surface area (Å²) >= 11 is 0. The van der Waals surface area contributed by atoms with E-state index in [0.29, 0.717) is 6.54 Å².